The van der Waals surface area contributed by atoms with E-state index >= 15 is 0 Å². The predicted molar refractivity (Wildman–Crippen MR) is 116 cm³/mol. The normalized spacial score (nSPS) is 9.88. The summed E-state index contributed by atoms with van der Waals surface area (Å²) in [6.45, 7) is 0. The molecular formula is C22H20N2O10. The fourth-order valence-corrected chi connectivity index (χ4v) is 2.72. The molecule has 178 valence electrons. The van der Waals surface area contributed by atoms with Crippen LogP contribution >= 0.6 is 0 Å². The van der Waals surface area contributed by atoms with Crippen molar-refractivity contribution >= 4 is 47.1 Å². The monoisotopic (exact) mass is 472 g/mol. The molecule has 0 aromatic heterocycles. The molecule has 0 radical (unpaired) electrons. The third kappa shape index (κ3) is 5.73. The number of ether oxygens (including phenoxy) is 4. The maximum Gasteiger partial charge on any atom is 0.339 e. The molecule has 34 heavy (non-hydrogen) atoms. The molecule has 0 aliphatic heterocycles. The number of benzene rings is 2. The smallest absolute Gasteiger partial charge is 0.339 e. The lowest BCUT2D eigenvalue weighted by atomic mass is 10.1. The van der Waals surface area contributed by atoms with Crippen molar-refractivity contribution in [1.82, 2.24) is 0 Å². The van der Waals surface area contributed by atoms with Gasteiger partial charge in [0.15, 0.2) is 0 Å². The van der Waals surface area contributed by atoms with E-state index in [9.17, 15) is 28.8 Å². The first kappa shape index (κ1) is 25.5. The molecule has 0 bridgehead atoms. The number of carbonyl (C=O) groups excluding carboxylic acids is 6. The van der Waals surface area contributed by atoms with Crippen molar-refractivity contribution in [1.29, 1.82) is 0 Å². The first-order chi connectivity index (χ1) is 16.2. The summed E-state index contributed by atoms with van der Waals surface area (Å²) in [5.41, 5.74) is -0.703. The fourth-order valence-electron chi connectivity index (χ4n) is 2.72. The lowest BCUT2D eigenvalue weighted by Crippen LogP contribution is -2.30. The molecule has 2 rings (SSSR count). The Morgan fingerprint density at radius 3 is 1.15 bits per heavy atom. The van der Waals surface area contributed by atoms with E-state index < -0.39 is 35.7 Å². The van der Waals surface area contributed by atoms with Gasteiger partial charge >= 0.3 is 35.7 Å². The summed E-state index contributed by atoms with van der Waals surface area (Å²) in [6.07, 6.45) is 0. The van der Waals surface area contributed by atoms with Crippen molar-refractivity contribution in [3.05, 3.63) is 58.7 Å². The summed E-state index contributed by atoms with van der Waals surface area (Å²) in [7, 11) is 4.50. The zero-order valence-electron chi connectivity index (χ0n) is 18.5. The van der Waals surface area contributed by atoms with Crippen LogP contribution < -0.4 is 10.6 Å². The summed E-state index contributed by atoms with van der Waals surface area (Å²) < 4.78 is 18.5. The van der Waals surface area contributed by atoms with Crippen LogP contribution in [0.2, 0.25) is 0 Å². The number of anilines is 2. The highest BCUT2D eigenvalue weighted by atomic mass is 16.5. The molecule has 0 atom stereocenters. The predicted octanol–water partition coefficient (Wildman–Crippen LogP) is 1.41. The molecule has 2 aromatic carbocycles. The van der Waals surface area contributed by atoms with Gasteiger partial charge in [-0.25, -0.2) is 19.2 Å². The number of nitrogens with one attached hydrogen (secondary N) is 2. The van der Waals surface area contributed by atoms with E-state index in [1.807, 2.05) is 0 Å². The molecule has 0 aliphatic rings. The highest BCUT2D eigenvalue weighted by Gasteiger charge is 2.23. The molecule has 0 aliphatic carbocycles. The summed E-state index contributed by atoms with van der Waals surface area (Å²) in [5, 5.41) is 4.42. The van der Waals surface area contributed by atoms with E-state index in [2.05, 4.69) is 29.6 Å². The number of esters is 4. The minimum absolute atomic E-state index is 0.00961. The standard InChI is InChI=1S/C22H20N2O10/c1-31-19(27)11-5-7-13(21(29)33-3)15(9-11)23-17(25)18(26)24-16-10-12(20(28)32-2)6-8-14(16)22(30)34-4/h5-10H,1-4H3,(H,23,25)(H,24,26). The summed E-state index contributed by atoms with van der Waals surface area (Å²) in [5.74, 6) is -5.70. The van der Waals surface area contributed by atoms with E-state index in [1.165, 1.54) is 24.3 Å². The van der Waals surface area contributed by atoms with Gasteiger partial charge in [-0.05, 0) is 36.4 Å². The highest BCUT2D eigenvalue weighted by Crippen LogP contribution is 2.22. The van der Waals surface area contributed by atoms with Crippen molar-refractivity contribution in [2.75, 3.05) is 39.1 Å². The molecule has 0 unspecified atom stereocenters. The second-order valence-electron chi connectivity index (χ2n) is 6.40. The fraction of sp³-hybridized carbons (Fsp3) is 0.182. The van der Waals surface area contributed by atoms with Gasteiger partial charge in [0.25, 0.3) is 0 Å². The molecular weight excluding hydrogens is 452 g/mol. The van der Waals surface area contributed by atoms with Crippen molar-refractivity contribution in [3.8, 4) is 0 Å². The first-order valence-corrected chi connectivity index (χ1v) is 9.40. The van der Waals surface area contributed by atoms with Gasteiger partial charge in [0.2, 0.25) is 0 Å². The van der Waals surface area contributed by atoms with Crippen molar-refractivity contribution in [2.45, 2.75) is 0 Å². The number of methoxy groups -OCH3 is 4. The van der Waals surface area contributed by atoms with Crippen LogP contribution in [-0.4, -0.2) is 64.1 Å². The van der Waals surface area contributed by atoms with Crippen molar-refractivity contribution in [2.24, 2.45) is 0 Å². The van der Waals surface area contributed by atoms with E-state index in [0.717, 1.165) is 40.6 Å². The Hall–Kier alpha value is -4.74. The van der Waals surface area contributed by atoms with Crippen LogP contribution in [0.5, 0.6) is 0 Å². The van der Waals surface area contributed by atoms with Crippen molar-refractivity contribution in [3.63, 3.8) is 0 Å². The zero-order valence-corrected chi connectivity index (χ0v) is 18.5. The van der Waals surface area contributed by atoms with E-state index in [0.29, 0.717) is 0 Å². The number of rotatable bonds is 6. The van der Waals surface area contributed by atoms with Gasteiger partial charge in [-0.2, -0.15) is 0 Å². The SMILES string of the molecule is COC(=O)c1ccc(C(=O)OC)c(NC(=O)C(=O)Nc2cc(C(=O)OC)ccc2C(=O)OC)c1. The van der Waals surface area contributed by atoms with Crippen LogP contribution in [0.3, 0.4) is 0 Å². The van der Waals surface area contributed by atoms with Crippen LogP contribution in [-0.2, 0) is 28.5 Å². The van der Waals surface area contributed by atoms with Gasteiger partial charge in [0.05, 0.1) is 62.1 Å². The van der Waals surface area contributed by atoms with E-state index in [1.54, 1.807) is 0 Å². The second-order valence-corrected chi connectivity index (χ2v) is 6.40. The van der Waals surface area contributed by atoms with Gasteiger partial charge < -0.3 is 29.6 Å². The lowest BCUT2D eigenvalue weighted by Gasteiger charge is -2.13. The van der Waals surface area contributed by atoms with E-state index in [4.69, 9.17) is 0 Å². The molecule has 2 aromatic rings. The highest BCUT2D eigenvalue weighted by molar-refractivity contribution is 6.44. The number of carbonyl (C=O) groups is 6. The zero-order chi connectivity index (χ0) is 25.4. The van der Waals surface area contributed by atoms with Gasteiger partial charge in [-0.3, -0.25) is 9.59 Å². The topological polar surface area (TPSA) is 163 Å². The van der Waals surface area contributed by atoms with Crippen molar-refractivity contribution < 1.29 is 47.7 Å². The Morgan fingerprint density at radius 1 is 0.529 bits per heavy atom. The van der Waals surface area contributed by atoms with Crippen LogP contribution in [0.4, 0.5) is 11.4 Å². The molecule has 12 heteroatoms. The molecule has 0 spiro atoms. The average Bonchev–Trinajstić information content (AvgIpc) is 2.86. The minimum Gasteiger partial charge on any atom is -0.465 e. The van der Waals surface area contributed by atoms with Gasteiger partial charge in [-0.15, -0.1) is 0 Å². The first-order valence-electron chi connectivity index (χ1n) is 9.40. The third-order valence-corrected chi connectivity index (χ3v) is 4.39. The van der Waals surface area contributed by atoms with Gasteiger partial charge in [-0.1, -0.05) is 0 Å². The largest absolute Gasteiger partial charge is 0.465 e. The van der Waals surface area contributed by atoms with Crippen LogP contribution in [0.1, 0.15) is 41.4 Å². The Bertz CT molecular complexity index is 1080. The Balaban J connectivity index is 2.37. The summed E-state index contributed by atoms with van der Waals surface area (Å²) in [6, 6.07) is 7.22. The van der Waals surface area contributed by atoms with Crippen LogP contribution in [0, 0.1) is 0 Å². The van der Waals surface area contributed by atoms with Gasteiger partial charge in [0.1, 0.15) is 0 Å². The summed E-state index contributed by atoms with van der Waals surface area (Å²) >= 11 is 0. The summed E-state index contributed by atoms with van der Waals surface area (Å²) in [4.78, 5) is 72.8. The molecule has 2 amide bonds. The molecule has 0 heterocycles. The molecule has 0 fully saturated rings. The minimum atomic E-state index is -1.26. The van der Waals surface area contributed by atoms with Crippen LogP contribution in [0.15, 0.2) is 36.4 Å². The van der Waals surface area contributed by atoms with Crippen LogP contribution in [0.25, 0.3) is 0 Å². The third-order valence-electron chi connectivity index (χ3n) is 4.39. The quantitative estimate of drug-likeness (QED) is 0.357. The average molecular weight is 472 g/mol. The maximum atomic E-state index is 12.6. The van der Waals surface area contributed by atoms with E-state index in [-0.39, 0.29) is 33.6 Å². The number of amides is 2. The number of hydrogen-bond acceptors (Lipinski definition) is 10. The van der Waals surface area contributed by atoms with Gasteiger partial charge in [0, 0.05) is 0 Å². The molecule has 0 saturated carbocycles. The molecule has 0 saturated heterocycles. The Labute approximate surface area is 193 Å². The Morgan fingerprint density at radius 2 is 0.853 bits per heavy atom. The Kier molecular flexibility index (Phi) is 8.42. The lowest BCUT2D eigenvalue weighted by molar-refractivity contribution is -0.133. The number of hydrogen-bond donors (Lipinski definition) is 2. The maximum absolute atomic E-state index is 12.6. The molecule has 12 nitrogen and oxygen atoms in total. The molecule has 2 N–H and O–H groups in total. The second kappa shape index (κ2) is 11.2.